The van der Waals surface area contributed by atoms with Crippen molar-refractivity contribution in [2.45, 2.75) is 0 Å². The summed E-state index contributed by atoms with van der Waals surface area (Å²) >= 11 is 8.48. The number of hydrogen-bond donors (Lipinski definition) is 1. The third kappa shape index (κ3) is 1.85. The van der Waals surface area contributed by atoms with E-state index in [9.17, 15) is 14.9 Å². The zero-order chi connectivity index (χ0) is 10.9. The highest BCUT2D eigenvalue weighted by Crippen LogP contribution is 2.32. The standard InChI is InChI=1S/C7H3BrClNO4/c8-6-3(9)1-2-4(10(13)14)5(6)7(11)12/h1-2H,(H,11,12). The highest BCUT2D eigenvalue weighted by Gasteiger charge is 2.24. The first-order valence-electron chi connectivity index (χ1n) is 3.31. The lowest BCUT2D eigenvalue weighted by Gasteiger charge is -2.01. The molecule has 14 heavy (non-hydrogen) atoms. The normalized spacial score (nSPS) is 9.86. The molecular weight excluding hydrogens is 277 g/mol. The van der Waals surface area contributed by atoms with E-state index in [1.807, 2.05) is 0 Å². The molecule has 0 aromatic heterocycles. The average Bonchev–Trinajstić information content (AvgIpc) is 2.08. The fraction of sp³-hybridized carbons (Fsp3) is 0. The Balaban J connectivity index is 3.53. The molecule has 1 aromatic rings. The number of carboxylic acids is 1. The molecule has 1 N–H and O–H groups in total. The first-order valence-corrected chi connectivity index (χ1v) is 4.48. The van der Waals surface area contributed by atoms with Gasteiger partial charge in [-0.1, -0.05) is 11.6 Å². The molecule has 0 unspecified atom stereocenters. The van der Waals surface area contributed by atoms with Gasteiger partial charge in [0.2, 0.25) is 0 Å². The molecule has 0 fully saturated rings. The van der Waals surface area contributed by atoms with Crippen LogP contribution in [0.3, 0.4) is 0 Å². The largest absolute Gasteiger partial charge is 0.477 e. The van der Waals surface area contributed by atoms with E-state index in [0.717, 1.165) is 6.07 Å². The Labute approximate surface area is 91.6 Å². The van der Waals surface area contributed by atoms with E-state index in [0.29, 0.717) is 0 Å². The molecule has 0 spiro atoms. The Kier molecular flexibility index (Phi) is 3.07. The van der Waals surface area contributed by atoms with Crippen LogP contribution in [0.25, 0.3) is 0 Å². The average molecular weight is 280 g/mol. The van der Waals surface area contributed by atoms with Crippen molar-refractivity contribution in [3.8, 4) is 0 Å². The topological polar surface area (TPSA) is 80.4 Å². The summed E-state index contributed by atoms with van der Waals surface area (Å²) in [4.78, 5) is 20.4. The van der Waals surface area contributed by atoms with E-state index in [-0.39, 0.29) is 9.50 Å². The molecule has 0 atom stereocenters. The second kappa shape index (κ2) is 3.93. The van der Waals surface area contributed by atoms with E-state index < -0.39 is 22.1 Å². The van der Waals surface area contributed by atoms with Gasteiger partial charge in [-0.3, -0.25) is 10.1 Å². The zero-order valence-electron chi connectivity index (χ0n) is 6.53. The van der Waals surface area contributed by atoms with Gasteiger partial charge in [0.1, 0.15) is 0 Å². The van der Waals surface area contributed by atoms with E-state index in [2.05, 4.69) is 15.9 Å². The van der Waals surface area contributed by atoms with Gasteiger partial charge >= 0.3 is 5.97 Å². The molecule has 5 nitrogen and oxygen atoms in total. The molecule has 0 radical (unpaired) electrons. The number of nitro benzene ring substituents is 1. The molecule has 7 heteroatoms. The minimum atomic E-state index is -1.40. The number of aromatic carboxylic acids is 1. The number of nitro groups is 1. The van der Waals surface area contributed by atoms with Gasteiger partial charge in [-0.2, -0.15) is 0 Å². The van der Waals surface area contributed by atoms with Crippen LogP contribution in [0.2, 0.25) is 5.02 Å². The van der Waals surface area contributed by atoms with Crippen molar-refractivity contribution in [2.24, 2.45) is 0 Å². The molecule has 0 heterocycles. The Morgan fingerprint density at radius 3 is 2.57 bits per heavy atom. The fourth-order valence-corrected chi connectivity index (χ4v) is 1.56. The van der Waals surface area contributed by atoms with Crippen molar-refractivity contribution >= 4 is 39.2 Å². The Morgan fingerprint density at radius 2 is 2.14 bits per heavy atom. The number of carboxylic acid groups (broad SMARTS) is 1. The predicted molar refractivity (Wildman–Crippen MR) is 52.8 cm³/mol. The summed E-state index contributed by atoms with van der Waals surface area (Å²) in [6.45, 7) is 0. The van der Waals surface area contributed by atoms with Crippen LogP contribution < -0.4 is 0 Å². The first kappa shape index (κ1) is 10.9. The molecule has 0 aliphatic rings. The summed E-state index contributed by atoms with van der Waals surface area (Å²) < 4.78 is 0.0147. The van der Waals surface area contributed by atoms with Crippen LogP contribution in [0, 0.1) is 10.1 Å². The lowest BCUT2D eigenvalue weighted by Crippen LogP contribution is -2.03. The smallest absolute Gasteiger partial charge is 0.343 e. The van der Waals surface area contributed by atoms with Crippen LogP contribution in [0.4, 0.5) is 5.69 Å². The van der Waals surface area contributed by atoms with Gasteiger partial charge in [0.25, 0.3) is 5.69 Å². The van der Waals surface area contributed by atoms with Gasteiger partial charge in [-0.15, -0.1) is 0 Å². The summed E-state index contributed by atoms with van der Waals surface area (Å²) in [5.41, 5.74) is -0.934. The van der Waals surface area contributed by atoms with Crippen LogP contribution in [0.5, 0.6) is 0 Å². The molecular formula is C7H3BrClNO4. The third-order valence-corrected chi connectivity index (χ3v) is 2.85. The van der Waals surface area contributed by atoms with Gasteiger partial charge < -0.3 is 5.11 Å². The van der Waals surface area contributed by atoms with Gasteiger partial charge in [0.15, 0.2) is 5.56 Å². The van der Waals surface area contributed by atoms with Gasteiger partial charge in [-0.25, -0.2) is 4.79 Å². The van der Waals surface area contributed by atoms with Crippen molar-refractivity contribution in [1.29, 1.82) is 0 Å². The van der Waals surface area contributed by atoms with Crippen molar-refractivity contribution in [3.05, 3.63) is 37.3 Å². The molecule has 1 rings (SSSR count). The first-order chi connectivity index (χ1) is 6.45. The van der Waals surface area contributed by atoms with E-state index in [4.69, 9.17) is 16.7 Å². The van der Waals surface area contributed by atoms with Gasteiger partial charge in [0, 0.05) is 6.07 Å². The predicted octanol–water partition coefficient (Wildman–Crippen LogP) is 2.71. The van der Waals surface area contributed by atoms with E-state index in [1.165, 1.54) is 6.07 Å². The van der Waals surface area contributed by atoms with Crippen molar-refractivity contribution < 1.29 is 14.8 Å². The second-order valence-corrected chi connectivity index (χ2v) is 3.52. The monoisotopic (exact) mass is 279 g/mol. The summed E-state index contributed by atoms with van der Waals surface area (Å²) in [7, 11) is 0. The summed E-state index contributed by atoms with van der Waals surface area (Å²) in [5, 5.41) is 19.3. The maximum absolute atomic E-state index is 10.7. The Hall–Kier alpha value is -1.14. The highest BCUT2D eigenvalue weighted by molar-refractivity contribution is 9.10. The number of nitrogens with zero attached hydrogens (tertiary/aromatic N) is 1. The van der Waals surface area contributed by atoms with Gasteiger partial charge in [0.05, 0.1) is 14.4 Å². The van der Waals surface area contributed by atoms with E-state index in [1.54, 1.807) is 0 Å². The van der Waals surface area contributed by atoms with Crippen molar-refractivity contribution in [2.75, 3.05) is 0 Å². The van der Waals surface area contributed by atoms with Crippen molar-refractivity contribution in [1.82, 2.24) is 0 Å². The Bertz CT molecular complexity index is 420. The number of rotatable bonds is 2. The number of hydrogen-bond acceptors (Lipinski definition) is 3. The second-order valence-electron chi connectivity index (χ2n) is 2.32. The minimum Gasteiger partial charge on any atom is -0.477 e. The van der Waals surface area contributed by atoms with Crippen LogP contribution in [-0.4, -0.2) is 16.0 Å². The lowest BCUT2D eigenvalue weighted by molar-refractivity contribution is -0.385. The summed E-state index contributed by atoms with van der Waals surface area (Å²) in [6.07, 6.45) is 0. The molecule has 0 bridgehead atoms. The molecule has 0 saturated heterocycles. The van der Waals surface area contributed by atoms with Gasteiger partial charge in [-0.05, 0) is 22.0 Å². The summed E-state index contributed by atoms with van der Waals surface area (Å²) in [6, 6.07) is 2.31. The molecule has 0 aliphatic carbocycles. The number of benzene rings is 1. The quantitative estimate of drug-likeness (QED) is 0.667. The third-order valence-electron chi connectivity index (χ3n) is 1.48. The number of halogens is 2. The highest BCUT2D eigenvalue weighted by atomic mass is 79.9. The van der Waals surface area contributed by atoms with Crippen LogP contribution in [-0.2, 0) is 0 Å². The Morgan fingerprint density at radius 1 is 1.57 bits per heavy atom. The SMILES string of the molecule is O=C(O)c1c([N+](=O)[O-])ccc(Cl)c1Br. The van der Waals surface area contributed by atoms with E-state index >= 15 is 0 Å². The minimum absolute atomic E-state index is 0.0147. The summed E-state index contributed by atoms with van der Waals surface area (Å²) in [5.74, 6) is -1.40. The molecule has 0 amide bonds. The molecule has 0 saturated carbocycles. The van der Waals surface area contributed by atoms with Crippen LogP contribution in [0.1, 0.15) is 10.4 Å². The molecule has 0 aliphatic heterocycles. The van der Waals surface area contributed by atoms with Crippen molar-refractivity contribution in [3.63, 3.8) is 0 Å². The lowest BCUT2D eigenvalue weighted by atomic mass is 10.2. The maximum Gasteiger partial charge on any atom is 0.343 e. The molecule has 74 valence electrons. The fourth-order valence-electron chi connectivity index (χ4n) is 0.896. The molecule has 1 aromatic carbocycles. The van der Waals surface area contributed by atoms with Crippen LogP contribution in [0.15, 0.2) is 16.6 Å². The zero-order valence-corrected chi connectivity index (χ0v) is 8.87. The maximum atomic E-state index is 10.7. The van der Waals surface area contributed by atoms with Crippen LogP contribution >= 0.6 is 27.5 Å². The number of carbonyl (C=O) groups is 1.